The second kappa shape index (κ2) is 6.69. The summed E-state index contributed by atoms with van der Waals surface area (Å²) in [5.41, 5.74) is 9.08. The van der Waals surface area contributed by atoms with Gasteiger partial charge in [0.25, 0.3) is 5.91 Å². The Labute approximate surface area is 166 Å². The molecule has 2 heterocycles. The van der Waals surface area contributed by atoms with Crippen LogP contribution in [0.3, 0.4) is 0 Å². The fraction of sp³-hybridized carbons (Fsp3) is 0.0435. The van der Waals surface area contributed by atoms with Crippen LogP contribution >= 0.6 is 11.8 Å². The second-order valence-corrected chi connectivity index (χ2v) is 7.80. The first-order valence-corrected chi connectivity index (χ1v) is 9.83. The Balaban J connectivity index is 1.61. The van der Waals surface area contributed by atoms with Gasteiger partial charge in [0.2, 0.25) is 0 Å². The fourth-order valence-corrected chi connectivity index (χ4v) is 4.37. The first-order chi connectivity index (χ1) is 13.7. The van der Waals surface area contributed by atoms with E-state index in [1.165, 1.54) is 28.1 Å². The van der Waals surface area contributed by atoms with E-state index in [2.05, 4.69) is 70.4 Å². The number of nitrogens with zero attached hydrogens (tertiary/aromatic N) is 2. The van der Waals surface area contributed by atoms with Gasteiger partial charge in [0.05, 0.1) is 4.91 Å². The van der Waals surface area contributed by atoms with Gasteiger partial charge in [0.1, 0.15) is 0 Å². The standard InChI is InChI=1S/C23H17N3OS/c24-23-25-22(27)21(28-23)12-17-14-26(20-11-4-3-10-19(17)20)13-16-8-5-7-15-6-1-2-9-18(15)16/h1-12,14H,13H2,(H2,24,25,27)/b21-12+. The van der Waals surface area contributed by atoms with E-state index in [4.69, 9.17) is 5.73 Å². The van der Waals surface area contributed by atoms with Crippen molar-refractivity contribution in [2.24, 2.45) is 10.7 Å². The lowest BCUT2D eigenvalue weighted by Crippen LogP contribution is -2.01. The lowest BCUT2D eigenvalue weighted by atomic mass is 10.0. The summed E-state index contributed by atoms with van der Waals surface area (Å²) in [6.45, 7) is 0.755. The van der Waals surface area contributed by atoms with Gasteiger partial charge in [-0.3, -0.25) is 4.79 Å². The number of para-hydroxylation sites is 1. The molecule has 2 N–H and O–H groups in total. The summed E-state index contributed by atoms with van der Waals surface area (Å²) in [6.07, 6.45) is 3.99. The molecule has 0 fully saturated rings. The molecule has 1 aromatic heterocycles. The van der Waals surface area contributed by atoms with Crippen LogP contribution in [-0.4, -0.2) is 15.6 Å². The van der Waals surface area contributed by atoms with Crippen molar-refractivity contribution >= 4 is 50.6 Å². The summed E-state index contributed by atoms with van der Waals surface area (Å²) in [7, 11) is 0. The van der Waals surface area contributed by atoms with Crippen LogP contribution in [0.5, 0.6) is 0 Å². The number of hydrogen-bond donors (Lipinski definition) is 1. The highest BCUT2D eigenvalue weighted by molar-refractivity contribution is 8.18. The Kier molecular flexibility index (Phi) is 4.02. The van der Waals surface area contributed by atoms with Gasteiger partial charge in [-0.2, -0.15) is 4.99 Å². The van der Waals surface area contributed by atoms with Gasteiger partial charge in [0.15, 0.2) is 5.17 Å². The lowest BCUT2D eigenvalue weighted by Gasteiger charge is -2.09. The van der Waals surface area contributed by atoms with Crippen molar-refractivity contribution < 1.29 is 4.79 Å². The Hall–Kier alpha value is -3.31. The first-order valence-electron chi connectivity index (χ1n) is 9.01. The Morgan fingerprint density at radius 1 is 0.964 bits per heavy atom. The maximum Gasteiger partial charge on any atom is 0.286 e. The molecule has 1 amide bonds. The Morgan fingerprint density at radius 2 is 1.71 bits per heavy atom. The van der Waals surface area contributed by atoms with Crippen LogP contribution in [0.2, 0.25) is 0 Å². The fourth-order valence-electron chi connectivity index (χ4n) is 3.70. The number of aliphatic imine (C=N–C) groups is 1. The quantitative estimate of drug-likeness (QED) is 0.518. The van der Waals surface area contributed by atoms with Gasteiger partial charge < -0.3 is 10.3 Å². The van der Waals surface area contributed by atoms with Crippen molar-refractivity contribution in [2.45, 2.75) is 6.54 Å². The van der Waals surface area contributed by atoms with Crippen molar-refractivity contribution in [1.29, 1.82) is 0 Å². The van der Waals surface area contributed by atoms with Gasteiger partial charge in [-0.25, -0.2) is 0 Å². The lowest BCUT2D eigenvalue weighted by molar-refractivity contribution is -0.113. The minimum absolute atomic E-state index is 0.270. The number of carbonyl (C=O) groups excluding carboxylic acids is 1. The normalized spacial score (nSPS) is 15.6. The van der Waals surface area contributed by atoms with Gasteiger partial charge in [0, 0.05) is 29.2 Å². The molecule has 0 radical (unpaired) electrons. The zero-order chi connectivity index (χ0) is 19.1. The molecule has 5 heteroatoms. The topological polar surface area (TPSA) is 60.4 Å². The van der Waals surface area contributed by atoms with Crippen molar-refractivity contribution in [2.75, 3.05) is 0 Å². The number of rotatable bonds is 3. The van der Waals surface area contributed by atoms with E-state index in [1.54, 1.807) is 0 Å². The molecule has 28 heavy (non-hydrogen) atoms. The molecule has 0 atom stereocenters. The van der Waals surface area contributed by atoms with Crippen LogP contribution in [0.1, 0.15) is 11.1 Å². The van der Waals surface area contributed by atoms with E-state index in [0.29, 0.717) is 10.1 Å². The van der Waals surface area contributed by atoms with Gasteiger partial charge in [-0.1, -0.05) is 60.7 Å². The summed E-state index contributed by atoms with van der Waals surface area (Å²) >= 11 is 1.22. The third kappa shape index (κ3) is 2.90. The molecule has 0 aliphatic carbocycles. The maximum absolute atomic E-state index is 12.0. The predicted molar refractivity (Wildman–Crippen MR) is 117 cm³/mol. The monoisotopic (exact) mass is 383 g/mol. The highest BCUT2D eigenvalue weighted by Crippen LogP contribution is 2.31. The van der Waals surface area contributed by atoms with Crippen molar-refractivity contribution in [3.05, 3.63) is 89.0 Å². The Morgan fingerprint density at radius 3 is 2.54 bits per heavy atom. The van der Waals surface area contributed by atoms with Crippen molar-refractivity contribution in [3.63, 3.8) is 0 Å². The van der Waals surface area contributed by atoms with Crippen LogP contribution in [-0.2, 0) is 11.3 Å². The molecule has 0 spiro atoms. The minimum Gasteiger partial charge on any atom is -0.378 e. The predicted octanol–water partition coefficient (Wildman–Crippen LogP) is 4.77. The summed E-state index contributed by atoms with van der Waals surface area (Å²) < 4.78 is 2.23. The molecular formula is C23H17N3OS. The summed E-state index contributed by atoms with van der Waals surface area (Å²) in [5.74, 6) is -0.270. The molecule has 0 saturated heterocycles. The number of fused-ring (bicyclic) bond motifs is 2. The third-order valence-corrected chi connectivity index (χ3v) is 5.78. The van der Waals surface area contributed by atoms with Crippen molar-refractivity contribution in [3.8, 4) is 0 Å². The number of amides is 1. The third-order valence-electron chi connectivity index (χ3n) is 4.96. The average molecular weight is 383 g/mol. The van der Waals surface area contributed by atoms with E-state index in [0.717, 1.165) is 23.0 Å². The zero-order valence-electron chi connectivity index (χ0n) is 15.0. The van der Waals surface area contributed by atoms with E-state index in [1.807, 2.05) is 18.2 Å². The van der Waals surface area contributed by atoms with Crippen LogP contribution in [0.15, 0.2) is 82.8 Å². The zero-order valence-corrected chi connectivity index (χ0v) is 15.8. The SMILES string of the molecule is NC1=NC(=O)/C(=C\c2cn(Cc3cccc4ccccc34)c3ccccc23)S1. The molecule has 1 aliphatic rings. The number of aromatic nitrogens is 1. The Bertz CT molecular complexity index is 1290. The maximum atomic E-state index is 12.0. The molecule has 3 aromatic carbocycles. The second-order valence-electron chi connectivity index (χ2n) is 6.73. The number of amidine groups is 1. The molecule has 4 aromatic rings. The van der Waals surface area contributed by atoms with Gasteiger partial charge >= 0.3 is 0 Å². The number of nitrogens with two attached hydrogens (primary N) is 1. The van der Waals surface area contributed by atoms with Crippen LogP contribution < -0.4 is 5.73 Å². The van der Waals surface area contributed by atoms with Crippen LogP contribution in [0.4, 0.5) is 0 Å². The minimum atomic E-state index is -0.270. The van der Waals surface area contributed by atoms with Crippen LogP contribution in [0, 0.1) is 0 Å². The summed E-state index contributed by atoms with van der Waals surface area (Å²) in [4.78, 5) is 16.4. The van der Waals surface area contributed by atoms with Crippen LogP contribution in [0.25, 0.3) is 27.8 Å². The molecule has 0 bridgehead atoms. The summed E-state index contributed by atoms with van der Waals surface area (Å²) in [5, 5.41) is 3.90. The number of benzene rings is 3. The number of carbonyl (C=O) groups is 1. The summed E-state index contributed by atoms with van der Waals surface area (Å²) in [6, 6.07) is 23.1. The van der Waals surface area contributed by atoms with Crippen molar-refractivity contribution in [1.82, 2.24) is 4.57 Å². The first kappa shape index (κ1) is 16.8. The molecule has 5 rings (SSSR count). The van der Waals surface area contributed by atoms with E-state index in [9.17, 15) is 4.79 Å². The molecule has 4 nitrogen and oxygen atoms in total. The number of hydrogen-bond acceptors (Lipinski definition) is 3. The molecule has 0 unspecified atom stereocenters. The number of thioether (sulfide) groups is 1. The molecule has 136 valence electrons. The highest BCUT2D eigenvalue weighted by atomic mass is 32.2. The highest BCUT2D eigenvalue weighted by Gasteiger charge is 2.20. The largest absolute Gasteiger partial charge is 0.378 e. The molecule has 1 aliphatic heterocycles. The average Bonchev–Trinajstić information content (AvgIpc) is 3.22. The van der Waals surface area contributed by atoms with Gasteiger partial charge in [-0.15, -0.1) is 0 Å². The van der Waals surface area contributed by atoms with E-state index in [-0.39, 0.29) is 5.91 Å². The van der Waals surface area contributed by atoms with E-state index >= 15 is 0 Å². The van der Waals surface area contributed by atoms with E-state index < -0.39 is 0 Å². The molecule has 0 saturated carbocycles. The molecular weight excluding hydrogens is 366 g/mol. The van der Waals surface area contributed by atoms with Gasteiger partial charge in [-0.05, 0) is 40.2 Å². The smallest absolute Gasteiger partial charge is 0.286 e.